The van der Waals surface area contributed by atoms with E-state index in [1.807, 2.05) is 0 Å². The van der Waals surface area contributed by atoms with Crippen molar-refractivity contribution in [1.29, 1.82) is 0 Å². The molecule has 0 aliphatic rings. The van der Waals surface area contributed by atoms with Crippen LogP contribution in [-0.4, -0.2) is 15.0 Å². The smallest absolute Gasteiger partial charge is 0.416 e. The quantitative estimate of drug-likeness (QED) is 0.117. The molecule has 4 aromatic rings. The molecular weight excluding hydrogens is 615 g/mol. The summed E-state index contributed by atoms with van der Waals surface area (Å²) in [6, 6.07) is 17.6. The Balaban J connectivity index is 1.48. The van der Waals surface area contributed by atoms with Gasteiger partial charge in [0.1, 0.15) is 23.0 Å². The van der Waals surface area contributed by atoms with Gasteiger partial charge in [-0.3, -0.25) is 0 Å². The number of hydrogen-bond donors (Lipinski definition) is 2. The van der Waals surface area contributed by atoms with Crippen LogP contribution in [0.1, 0.15) is 44.7 Å². The summed E-state index contributed by atoms with van der Waals surface area (Å²) in [5, 5.41) is 3.17. The molecule has 4 rings (SSSR count). The van der Waals surface area contributed by atoms with Crippen LogP contribution in [-0.2, 0) is 21.9 Å². The highest BCUT2D eigenvalue weighted by Gasteiger charge is 2.31. The first-order valence-electron chi connectivity index (χ1n) is 14.1. The molecule has 6 nitrogen and oxygen atoms in total. The third-order valence-corrected chi connectivity index (χ3v) is 8.86. The van der Waals surface area contributed by atoms with Gasteiger partial charge in [-0.15, -0.1) is 0 Å². The van der Waals surface area contributed by atoms with E-state index in [2.05, 4.69) is 19.2 Å². The fraction of sp³-hybridized carbons (Fsp3) is 0.273. The predicted molar refractivity (Wildman–Crippen MR) is 163 cm³/mol. The first kappa shape index (κ1) is 33.6. The van der Waals surface area contributed by atoms with Crippen molar-refractivity contribution in [2.24, 2.45) is 5.92 Å². The van der Waals surface area contributed by atoms with Gasteiger partial charge in [0.25, 0.3) is 5.92 Å². The number of rotatable bonds is 12. The third kappa shape index (κ3) is 8.87. The highest BCUT2D eigenvalue weighted by molar-refractivity contribution is 7.91. The zero-order valence-corrected chi connectivity index (χ0v) is 25.6. The molecule has 0 aliphatic carbocycles. The molecule has 3 N–H and O–H groups in total. The lowest BCUT2D eigenvalue weighted by Crippen LogP contribution is -2.10. The number of ether oxygens (including phenoxy) is 2. The van der Waals surface area contributed by atoms with Crippen LogP contribution in [0.25, 0.3) is 0 Å². The van der Waals surface area contributed by atoms with Crippen molar-refractivity contribution in [3.63, 3.8) is 0 Å². The Bertz CT molecular complexity index is 1720. The Kier molecular flexibility index (Phi) is 9.96. The topological polar surface area (TPSA) is 90.6 Å². The molecule has 4 aromatic carbocycles. The van der Waals surface area contributed by atoms with Crippen LogP contribution >= 0.6 is 0 Å². The maximum Gasteiger partial charge on any atom is 0.416 e. The van der Waals surface area contributed by atoms with E-state index in [1.54, 1.807) is 6.07 Å². The summed E-state index contributed by atoms with van der Waals surface area (Å²) in [6.07, 6.45) is -2.74. The lowest BCUT2D eigenvalue weighted by Gasteiger charge is -2.17. The molecule has 0 saturated carbocycles. The van der Waals surface area contributed by atoms with Gasteiger partial charge in [-0.05, 0) is 85.1 Å². The van der Waals surface area contributed by atoms with E-state index < -0.39 is 27.5 Å². The summed E-state index contributed by atoms with van der Waals surface area (Å²) in [5.74, 6) is -2.28. The average molecular weight is 649 g/mol. The van der Waals surface area contributed by atoms with Crippen molar-refractivity contribution < 1.29 is 39.8 Å². The number of benzene rings is 4. The molecule has 12 heteroatoms. The van der Waals surface area contributed by atoms with E-state index in [-0.39, 0.29) is 44.0 Å². The van der Waals surface area contributed by atoms with Crippen molar-refractivity contribution in [3.8, 4) is 23.0 Å². The van der Waals surface area contributed by atoms with E-state index in [1.165, 1.54) is 66.7 Å². The fourth-order valence-corrected chi connectivity index (χ4v) is 5.57. The van der Waals surface area contributed by atoms with Gasteiger partial charge in [-0.2, -0.15) is 13.2 Å². The molecule has 0 bridgehead atoms. The first-order valence-corrected chi connectivity index (χ1v) is 15.6. The highest BCUT2D eigenvalue weighted by atomic mass is 32.2. The monoisotopic (exact) mass is 648 g/mol. The maximum absolute atomic E-state index is 14.2. The minimum Gasteiger partial charge on any atom is -0.457 e. The van der Waals surface area contributed by atoms with Gasteiger partial charge < -0.3 is 20.5 Å². The van der Waals surface area contributed by atoms with Crippen LogP contribution < -0.4 is 20.5 Å². The van der Waals surface area contributed by atoms with E-state index in [4.69, 9.17) is 15.2 Å². The average Bonchev–Trinajstić information content (AvgIpc) is 2.96. The second-order valence-electron chi connectivity index (χ2n) is 10.8. The molecule has 0 fully saturated rings. The van der Waals surface area contributed by atoms with Crippen molar-refractivity contribution in [2.75, 3.05) is 17.6 Å². The lowest BCUT2D eigenvalue weighted by atomic mass is 10.1. The second kappa shape index (κ2) is 13.4. The van der Waals surface area contributed by atoms with Gasteiger partial charge in [0.15, 0.2) is 0 Å². The Morgan fingerprint density at radius 1 is 0.756 bits per heavy atom. The second-order valence-corrected chi connectivity index (χ2v) is 12.8. The molecule has 0 aliphatic heterocycles. The molecule has 0 saturated heterocycles. The molecule has 240 valence electrons. The Morgan fingerprint density at radius 3 is 1.76 bits per heavy atom. The number of alkyl halides is 5. The van der Waals surface area contributed by atoms with Crippen molar-refractivity contribution in [3.05, 3.63) is 96.1 Å². The van der Waals surface area contributed by atoms with E-state index in [9.17, 15) is 30.4 Å². The molecule has 0 aromatic heterocycles. The van der Waals surface area contributed by atoms with Gasteiger partial charge in [0, 0.05) is 42.5 Å². The van der Waals surface area contributed by atoms with E-state index in [0.29, 0.717) is 18.2 Å². The molecule has 0 radical (unpaired) electrons. The molecule has 1 atom stereocenters. The normalized spacial score (nSPS) is 12.9. The number of sulfone groups is 1. The van der Waals surface area contributed by atoms with E-state index in [0.717, 1.165) is 31.9 Å². The van der Waals surface area contributed by atoms with E-state index >= 15 is 0 Å². The summed E-state index contributed by atoms with van der Waals surface area (Å²) in [7, 11) is -3.99. The Labute approximate surface area is 258 Å². The first-order chi connectivity index (χ1) is 21.0. The van der Waals surface area contributed by atoms with Crippen LogP contribution in [0.15, 0.2) is 94.7 Å². The Hall–Kier alpha value is -4.32. The number of hydrogen-bond acceptors (Lipinski definition) is 6. The number of halogens is 5. The SMILES string of the molecule is CCC(C)CCNc1cc(Oc2ccc(S(=O)(=O)c3ccc(Oc4cc(N)cc(C(F)(F)F)c4)cc3)cc2)cc(C(C)(F)F)c1. The van der Waals surface area contributed by atoms with Crippen molar-refractivity contribution in [2.45, 2.75) is 55.5 Å². The zero-order chi connectivity index (χ0) is 33.0. The molecule has 0 heterocycles. The summed E-state index contributed by atoms with van der Waals surface area (Å²) in [5.41, 5.74) is 4.70. The zero-order valence-electron chi connectivity index (χ0n) is 24.8. The van der Waals surface area contributed by atoms with Crippen LogP contribution in [0.4, 0.5) is 33.3 Å². The number of anilines is 2. The maximum atomic E-state index is 14.2. The van der Waals surface area contributed by atoms with Gasteiger partial charge >= 0.3 is 6.18 Å². The number of nitrogens with one attached hydrogen (secondary N) is 1. The highest BCUT2D eigenvalue weighted by Crippen LogP contribution is 2.37. The molecular formula is C33H33F5N2O4S. The van der Waals surface area contributed by atoms with Gasteiger partial charge in [-0.1, -0.05) is 20.3 Å². The summed E-state index contributed by atoms with van der Waals surface area (Å²) in [6.45, 7) is 5.60. The molecule has 0 amide bonds. The van der Waals surface area contributed by atoms with Crippen LogP contribution in [0, 0.1) is 5.92 Å². The van der Waals surface area contributed by atoms with Crippen LogP contribution in [0.2, 0.25) is 0 Å². The van der Waals surface area contributed by atoms with Crippen LogP contribution in [0.3, 0.4) is 0 Å². The van der Waals surface area contributed by atoms with Gasteiger partial charge in [0.05, 0.1) is 15.4 Å². The molecule has 1 unspecified atom stereocenters. The predicted octanol–water partition coefficient (Wildman–Crippen LogP) is 9.66. The standard InChI is InChI=1S/C33H33F5N2O4S/c1-4-21(2)13-14-40-25-16-22(32(3,34)35)17-29(20-25)44-27-7-11-31(12-8-27)45(41,42)30-9-5-26(6-10-30)43-28-18-23(33(36,37)38)15-24(39)19-28/h5-12,15-21,40H,4,13-14,39H2,1-3H3. The lowest BCUT2D eigenvalue weighted by molar-refractivity contribution is -0.137. The summed E-state index contributed by atoms with van der Waals surface area (Å²) < 4.78 is 105. The molecule has 45 heavy (non-hydrogen) atoms. The number of nitrogen functional groups attached to an aromatic ring is 1. The largest absolute Gasteiger partial charge is 0.457 e. The van der Waals surface area contributed by atoms with Gasteiger partial charge in [-0.25, -0.2) is 17.2 Å². The van der Waals surface area contributed by atoms with Crippen LogP contribution in [0.5, 0.6) is 23.0 Å². The van der Waals surface area contributed by atoms with Gasteiger partial charge in [0.2, 0.25) is 9.84 Å². The third-order valence-electron chi connectivity index (χ3n) is 7.07. The van der Waals surface area contributed by atoms with Crippen molar-refractivity contribution in [1.82, 2.24) is 0 Å². The molecule has 0 spiro atoms. The van der Waals surface area contributed by atoms with Crippen molar-refractivity contribution >= 4 is 21.2 Å². The minimum atomic E-state index is -4.62. The Morgan fingerprint density at radius 2 is 1.27 bits per heavy atom. The summed E-state index contributed by atoms with van der Waals surface area (Å²) in [4.78, 5) is -0.145. The number of nitrogens with two attached hydrogens (primary N) is 1. The minimum absolute atomic E-state index is 0.0598. The summed E-state index contributed by atoms with van der Waals surface area (Å²) >= 11 is 0. The fourth-order valence-electron chi connectivity index (χ4n) is 4.31.